The summed E-state index contributed by atoms with van der Waals surface area (Å²) in [5.74, 6) is -0.630. The highest BCUT2D eigenvalue weighted by molar-refractivity contribution is 5.80. The predicted octanol–water partition coefficient (Wildman–Crippen LogP) is 12.7. The fraction of sp³-hybridized carbons (Fsp3) is 0.845. The number of amides is 1. The van der Waals surface area contributed by atoms with Crippen LogP contribution in [-0.4, -0.2) is 98.7 Å². The minimum absolute atomic E-state index is 0.299. The number of carbonyl (C=O) groups excluding carboxylic acids is 1. The number of hydrogen-bond donors (Lipinski definition) is 7. The molecular weight excluding hydrogens is 855 g/mol. The van der Waals surface area contributed by atoms with E-state index in [1.54, 1.807) is 6.08 Å². The Morgan fingerprint density at radius 1 is 0.500 bits per heavy atom. The first-order valence-corrected chi connectivity index (χ1v) is 28.5. The molecule has 1 aliphatic heterocycles. The molecule has 0 aromatic carbocycles. The van der Waals surface area contributed by atoms with Gasteiger partial charge in [-0.05, 0) is 70.6 Å². The summed E-state index contributed by atoms with van der Waals surface area (Å²) in [5.41, 5.74) is 0. The summed E-state index contributed by atoms with van der Waals surface area (Å²) in [6, 6.07) is -1.01. The van der Waals surface area contributed by atoms with Crippen molar-refractivity contribution in [3.05, 3.63) is 48.6 Å². The van der Waals surface area contributed by atoms with Crippen LogP contribution in [0.5, 0.6) is 0 Å². The fourth-order valence-electron chi connectivity index (χ4n) is 8.84. The van der Waals surface area contributed by atoms with Gasteiger partial charge in [-0.25, -0.2) is 0 Å². The minimum Gasteiger partial charge on any atom is -0.394 e. The lowest BCUT2D eigenvalue weighted by atomic mass is 9.99. The lowest BCUT2D eigenvalue weighted by Crippen LogP contribution is -2.60. The van der Waals surface area contributed by atoms with Crippen molar-refractivity contribution in [1.82, 2.24) is 5.32 Å². The Labute approximate surface area is 416 Å². The molecule has 1 rings (SSSR count). The number of rotatable bonds is 48. The van der Waals surface area contributed by atoms with Gasteiger partial charge >= 0.3 is 0 Å². The average Bonchev–Trinajstić information content (AvgIpc) is 3.34. The first-order chi connectivity index (χ1) is 33.3. The monoisotopic (exact) mass is 962 g/mol. The SMILES string of the molecule is CCCCCCCCC/C=C/CC/C=C/CC/C=C/C(O)C(COC1OC(CO)C(O)C(O)C1O)NC(=O)C(O)CCCCCCCCCCCC/C=C\CCCCCCCCCCCCCC. The Hall–Kier alpha value is -1.89. The van der Waals surface area contributed by atoms with Crippen molar-refractivity contribution < 1.29 is 44.9 Å². The Morgan fingerprint density at radius 2 is 0.868 bits per heavy atom. The van der Waals surface area contributed by atoms with Gasteiger partial charge in [0.15, 0.2) is 6.29 Å². The lowest BCUT2D eigenvalue weighted by Gasteiger charge is -2.40. The van der Waals surface area contributed by atoms with Crippen molar-refractivity contribution in [2.75, 3.05) is 13.2 Å². The van der Waals surface area contributed by atoms with Crippen LogP contribution in [0, 0.1) is 0 Å². The Kier molecular flexibility index (Phi) is 44.7. The molecule has 1 aliphatic rings. The van der Waals surface area contributed by atoms with Gasteiger partial charge < -0.3 is 45.4 Å². The molecule has 0 aromatic heterocycles. The number of hydrogen-bond acceptors (Lipinski definition) is 9. The maximum Gasteiger partial charge on any atom is 0.249 e. The second kappa shape index (κ2) is 47.4. The molecule has 0 aromatic rings. The summed E-state index contributed by atoms with van der Waals surface area (Å²) in [6.07, 6.45) is 52.1. The Balaban J connectivity index is 2.29. The topological polar surface area (TPSA) is 169 Å². The number of allylic oxidation sites excluding steroid dienone is 7. The maximum absolute atomic E-state index is 13.1. The number of unbranched alkanes of at least 4 members (excludes halogenated alkanes) is 31. The molecule has 398 valence electrons. The molecule has 10 nitrogen and oxygen atoms in total. The van der Waals surface area contributed by atoms with E-state index in [-0.39, 0.29) is 6.61 Å². The van der Waals surface area contributed by atoms with Crippen molar-refractivity contribution >= 4 is 5.91 Å². The van der Waals surface area contributed by atoms with Gasteiger partial charge in [-0.3, -0.25) is 4.79 Å². The lowest BCUT2D eigenvalue weighted by molar-refractivity contribution is -0.302. The van der Waals surface area contributed by atoms with Crippen molar-refractivity contribution in [2.24, 2.45) is 0 Å². The quantitative estimate of drug-likeness (QED) is 0.0232. The van der Waals surface area contributed by atoms with Crippen molar-refractivity contribution in [1.29, 1.82) is 0 Å². The molecule has 1 amide bonds. The van der Waals surface area contributed by atoms with Crippen LogP contribution in [0.25, 0.3) is 0 Å². The van der Waals surface area contributed by atoms with Crippen LogP contribution in [0.3, 0.4) is 0 Å². The molecule has 8 unspecified atom stereocenters. The molecule has 1 saturated heterocycles. The van der Waals surface area contributed by atoms with Crippen molar-refractivity contribution in [3.8, 4) is 0 Å². The van der Waals surface area contributed by atoms with Gasteiger partial charge in [-0.15, -0.1) is 0 Å². The summed E-state index contributed by atoms with van der Waals surface area (Å²) in [4.78, 5) is 13.1. The van der Waals surface area contributed by atoms with E-state index in [1.807, 2.05) is 6.08 Å². The molecule has 0 spiro atoms. The molecule has 0 bridgehead atoms. The molecule has 1 fully saturated rings. The third kappa shape index (κ3) is 36.1. The third-order valence-corrected chi connectivity index (χ3v) is 13.5. The second-order valence-corrected chi connectivity index (χ2v) is 19.8. The van der Waals surface area contributed by atoms with Gasteiger partial charge in [0.25, 0.3) is 0 Å². The summed E-state index contributed by atoms with van der Waals surface area (Å²) in [7, 11) is 0. The van der Waals surface area contributed by atoms with Crippen LogP contribution in [0.4, 0.5) is 0 Å². The van der Waals surface area contributed by atoms with E-state index in [9.17, 15) is 35.4 Å². The Morgan fingerprint density at radius 3 is 1.28 bits per heavy atom. The van der Waals surface area contributed by atoms with Crippen molar-refractivity contribution in [3.63, 3.8) is 0 Å². The predicted molar refractivity (Wildman–Crippen MR) is 282 cm³/mol. The van der Waals surface area contributed by atoms with Crippen LogP contribution in [0.15, 0.2) is 48.6 Å². The van der Waals surface area contributed by atoms with Crippen LogP contribution in [-0.2, 0) is 14.3 Å². The highest BCUT2D eigenvalue weighted by Gasteiger charge is 2.44. The van der Waals surface area contributed by atoms with Gasteiger partial charge in [0.05, 0.1) is 25.4 Å². The molecular formula is C58H107NO9. The first kappa shape index (κ1) is 64.1. The number of aliphatic hydroxyl groups is 6. The highest BCUT2D eigenvalue weighted by atomic mass is 16.7. The smallest absolute Gasteiger partial charge is 0.249 e. The third-order valence-electron chi connectivity index (χ3n) is 13.5. The largest absolute Gasteiger partial charge is 0.394 e. The zero-order chi connectivity index (χ0) is 49.6. The normalized spacial score (nSPS) is 20.4. The summed E-state index contributed by atoms with van der Waals surface area (Å²) < 4.78 is 11.2. The number of aliphatic hydroxyl groups excluding tert-OH is 6. The Bertz CT molecular complexity index is 1220. The summed E-state index contributed by atoms with van der Waals surface area (Å²) in [5, 5.41) is 64.9. The van der Waals surface area contributed by atoms with Crippen LogP contribution < -0.4 is 5.32 Å². The van der Waals surface area contributed by atoms with Gasteiger partial charge in [0.2, 0.25) is 5.91 Å². The minimum atomic E-state index is -1.62. The highest BCUT2D eigenvalue weighted by Crippen LogP contribution is 2.23. The van der Waals surface area contributed by atoms with E-state index in [1.165, 1.54) is 173 Å². The maximum atomic E-state index is 13.1. The van der Waals surface area contributed by atoms with E-state index < -0.39 is 61.5 Å². The van der Waals surface area contributed by atoms with Crippen LogP contribution in [0.1, 0.15) is 251 Å². The molecule has 0 radical (unpaired) electrons. The molecule has 0 aliphatic carbocycles. The van der Waals surface area contributed by atoms with E-state index >= 15 is 0 Å². The molecule has 8 atom stereocenters. The van der Waals surface area contributed by atoms with Crippen molar-refractivity contribution in [2.45, 2.75) is 300 Å². The van der Waals surface area contributed by atoms with E-state index in [0.717, 1.165) is 44.9 Å². The average molecular weight is 962 g/mol. The molecule has 68 heavy (non-hydrogen) atoms. The van der Waals surface area contributed by atoms with Gasteiger partial charge in [0, 0.05) is 0 Å². The van der Waals surface area contributed by atoms with Gasteiger partial charge in [-0.1, -0.05) is 229 Å². The molecule has 10 heteroatoms. The second-order valence-electron chi connectivity index (χ2n) is 19.8. The van der Waals surface area contributed by atoms with Gasteiger partial charge in [-0.2, -0.15) is 0 Å². The molecule has 7 N–H and O–H groups in total. The summed E-state index contributed by atoms with van der Waals surface area (Å²) >= 11 is 0. The van der Waals surface area contributed by atoms with E-state index in [4.69, 9.17) is 9.47 Å². The summed E-state index contributed by atoms with van der Waals surface area (Å²) in [6.45, 7) is 3.60. The number of carbonyl (C=O) groups is 1. The first-order valence-electron chi connectivity index (χ1n) is 28.5. The number of nitrogens with one attached hydrogen (secondary N) is 1. The van der Waals surface area contributed by atoms with E-state index in [2.05, 4.69) is 55.6 Å². The van der Waals surface area contributed by atoms with E-state index in [0.29, 0.717) is 19.3 Å². The number of ether oxygens (including phenoxy) is 2. The molecule has 1 heterocycles. The fourth-order valence-corrected chi connectivity index (χ4v) is 8.84. The standard InChI is InChI=1S/C58H107NO9/c1-3-5-7-9-11-13-15-17-19-21-22-23-24-25-26-27-28-29-31-33-35-37-39-41-43-45-47-52(62)57(66)59-50(49-67-58-56(65)55(64)54(63)53(48-60)68-58)51(61)46-44-42-40-38-36-34-32-30-20-18-16-14-12-10-8-6-4-2/h20,25-26,30,36,38,44,46,50-56,58,60-65H,3-19,21-24,27-29,31-35,37,39-43,45,47-49H2,1-2H3,(H,59,66)/b26-25-,30-20+,38-36+,46-44+. The van der Waals surface area contributed by atoms with Crippen LogP contribution >= 0.6 is 0 Å². The molecule has 0 saturated carbocycles. The van der Waals surface area contributed by atoms with Crippen LogP contribution in [0.2, 0.25) is 0 Å². The zero-order valence-corrected chi connectivity index (χ0v) is 43.7. The zero-order valence-electron chi connectivity index (χ0n) is 43.7. The van der Waals surface area contributed by atoms with Gasteiger partial charge in [0.1, 0.15) is 30.5 Å².